The highest BCUT2D eigenvalue weighted by Gasteiger charge is 2.09. The van der Waals surface area contributed by atoms with Gasteiger partial charge in [-0.1, -0.05) is 53.7 Å². The van der Waals surface area contributed by atoms with E-state index in [4.69, 9.17) is 5.73 Å². The van der Waals surface area contributed by atoms with Gasteiger partial charge in [-0.2, -0.15) is 5.10 Å². The number of thioether (sulfide) groups is 1. The van der Waals surface area contributed by atoms with Crippen LogP contribution in [0.2, 0.25) is 0 Å². The van der Waals surface area contributed by atoms with Gasteiger partial charge in [0.15, 0.2) is 5.16 Å². The van der Waals surface area contributed by atoms with Crippen molar-refractivity contribution >= 4 is 34.5 Å². The highest BCUT2D eigenvalue weighted by atomic mass is 32.2. The number of nitrogens with zero attached hydrogens (tertiary/aromatic N) is 2. The number of urea groups is 1. The maximum Gasteiger partial charge on any atom is 0.332 e. The lowest BCUT2D eigenvalue weighted by atomic mass is 10.1. The standard InChI is InChI=1S/C17H17N5OS/c1-11-6-8-12(9-7-11)15(21-22-16(18)23)10-24-17-19-13-4-2-3-5-14(13)20-17/h2-9H,10H2,1H3,(H,19,20)(H3,18,22,23)/b21-15+. The largest absolute Gasteiger partial charge is 0.350 e. The van der Waals surface area contributed by atoms with Crippen molar-refractivity contribution in [1.82, 2.24) is 15.4 Å². The number of imidazole rings is 1. The number of hydrazone groups is 1. The molecule has 4 N–H and O–H groups in total. The van der Waals surface area contributed by atoms with Crippen molar-refractivity contribution in [3.8, 4) is 0 Å². The number of hydrogen-bond acceptors (Lipinski definition) is 4. The number of H-pyrrole nitrogens is 1. The van der Waals surface area contributed by atoms with E-state index in [2.05, 4.69) is 20.5 Å². The second-order valence-electron chi connectivity index (χ2n) is 5.25. The maximum absolute atomic E-state index is 11.0. The van der Waals surface area contributed by atoms with Crippen LogP contribution in [0.15, 0.2) is 58.8 Å². The van der Waals surface area contributed by atoms with Gasteiger partial charge in [-0.3, -0.25) is 0 Å². The minimum Gasteiger partial charge on any atom is -0.350 e. The molecule has 0 fully saturated rings. The van der Waals surface area contributed by atoms with Crippen LogP contribution in [-0.2, 0) is 0 Å². The normalized spacial score (nSPS) is 11.6. The molecule has 3 rings (SSSR count). The van der Waals surface area contributed by atoms with Crippen molar-refractivity contribution in [1.29, 1.82) is 0 Å². The molecule has 0 bridgehead atoms. The summed E-state index contributed by atoms with van der Waals surface area (Å²) < 4.78 is 0. The number of nitrogens with one attached hydrogen (secondary N) is 2. The van der Waals surface area contributed by atoms with E-state index in [0.717, 1.165) is 33.0 Å². The number of aromatic amines is 1. The Balaban J connectivity index is 1.79. The first kappa shape index (κ1) is 16.1. The average molecular weight is 339 g/mol. The van der Waals surface area contributed by atoms with E-state index in [-0.39, 0.29) is 0 Å². The number of amides is 2. The van der Waals surface area contributed by atoms with Gasteiger partial charge in [0.1, 0.15) is 0 Å². The van der Waals surface area contributed by atoms with Crippen LogP contribution in [0, 0.1) is 6.92 Å². The first-order chi connectivity index (χ1) is 11.6. The number of benzene rings is 2. The summed E-state index contributed by atoms with van der Waals surface area (Å²) in [5.74, 6) is 0.545. The Kier molecular flexibility index (Phi) is 4.81. The molecule has 3 aromatic rings. The van der Waals surface area contributed by atoms with E-state index >= 15 is 0 Å². The number of hydrogen-bond donors (Lipinski definition) is 3. The van der Waals surface area contributed by atoms with E-state index in [1.165, 1.54) is 11.8 Å². The summed E-state index contributed by atoms with van der Waals surface area (Å²) in [7, 11) is 0. The van der Waals surface area contributed by atoms with E-state index in [9.17, 15) is 4.79 Å². The molecular formula is C17H17N5OS. The molecule has 24 heavy (non-hydrogen) atoms. The zero-order valence-electron chi connectivity index (χ0n) is 13.1. The predicted octanol–water partition coefficient (Wildman–Crippen LogP) is 3.04. The van der Waals surface area contributed by atoms with Crippen LogP contribution >= 0.6 is 11.8 Å². The zero-order valence-corrected chi connectivity index (χ0v) is 13.9. The molecule has 0 saturated heterocycles. The predicted molar refractivity (Wildman–Crippen MR) is 97.3 cm³/mol. The van der Waals surface area contributed by atoms with E-state index in [1.54, 1.807) is 0 Å². The molecule has 2 aromatic carbocycles. The van der Waals surface area contributed by atoms with Crippen LogP contribution in [0.4, 0.5) is 4.79 Å². The third kappa shape index (κ3) is 3.94. The molecule has 0 aliphatic rings. The average Bonchev–Trinajstić information content (AvgIpc) is 2.98. The van der Waals surface area contributed by atoms with Gasteiger partial charge < -0.3 is 10.7 Å². The molecule has 0 spiro atoms. The minimum atomic E-state index is -0.687. The van der Waals surface area contributed by atoms with Gasteiger partial charge in [-0.05, 0) is 24.6 Å². The number of aromatic nitrogens is 2. The quantitative estimate of drug-likeness (QED) is 0.379. The number of carbonyl (C=O) groups is 1. The Labute approximate surface area is 143 Å². The zero-order chi connectivity index (χ0) is 16.9. The number of primary amides is 1. The van der Waals surface area contributed by atoms with Crippen molar-refractivity contribution in [3.63, 3.8) is 0 Å². The first-order valence-corrected chi connectivity index (χ1v) is 8.37. The summed E-state index contributed by atoms with van der Waals surface area (Å²) in [6, 6.07) is 15.1. The van der Waals surface area contributed by atoms with Gasteiger partial charge in [0.25, 0.3) is 0 Å². The third-order valence-corrected chi connectivity index (χ3v) is 4.28. The number of fused-ring (bicyclic) bond motifs is 1. The van der Waals surface area contributed by atoms with Gasteiger partial charge in [-0.25, -0.2) is 15.2 Å². The molecule has 2 amide bonds. The van der Waals surface area contributed by atoms with Gasteiger partial charge in [-0.15, -0.1) is 0 Å². The molecule has 0 aliphatic heterocycles. The summed E-state index contributed by atoms with van der Waals surface area (Å²) in [6.45, 7) is 2.02. The topological polar surface area (TPSA) is 96.2 Å². The van der Waals surface area contributed by atoms with Gasteiger partial charge in [0.2, 0.25) is 0 Å². The first-order valence-electron chi connectivity index (χ1n) is 7.38. The monoisotopic (exact) mass is 339 g/mol. The lowest BCUT2D eigenvalue weighted by Crippen LogP contribution is -2.26. The van der Waals surface area contributed by atoms with Crippen LogP contribution in [0.3, 0.4) is 0 Å². The molecule has 7 heteroatoms. The van der Waals surface area contributed by atoms with Gasteiger partial charge in [0.05, 0.1) is 16.7 Å². The van der Waals surface area contributed by atoms with E-state index in [0.29, 0.717) is 5.75 Å². The molecule has 0 radical (unpaired) electrons. The number of carbonyl (C=O) groups excluding carboxylic acids is 1. The fraction of sp³-hybridized carbons (Fsp3) is 0.118. The van der Waals surface area contributed by atoms with E-state index in [1.807, 2.05) is 55.5 Å². The summed E-state index contributed by atoms with van der Waals surface area (Å²) in [5, 5.41) is 4.92. The van der Waals surface area contributed by atoms with Crippen LogP contribution in [-0.4, -0.2) is 27.5 Å². The van der Waals surface area contributed by atoms with Gasteiger partial charge >= 0.3 is 6.03 Å². The Morgan fingerprint density at radius 1 is 1.25 bits per heavy atom. The number of para-hydroxylation sites is 2. The molecule has 122 valence electrons. The SMILES string of the molecule is Cc1ccc(/C(CSc2nc3ccccc3[nH]2)=N/NC(N)=O)cc1. The summed E-state index contributed by atoms with van der Waals surface area (Å²) in [5.41, 5.74) is 12.1. The molecule has 1 aromatic heterocycles. The second-order valence-corrected chi connectivity index (χ2v) is 6.21. The van der Waals surface area contributed by atoms with Crippen molar-refractivity contribution in [2.24, 2.45) is 10.8 Å². The van der Waals surface area contributed by atoms with Crippen molar-refractivity contribution in [2.75, 3.05) is 5.75 Å². The Hall–Kier alpha value is -2.80. The summed E-state index contributed by atoms with van der Waals surface area (Å²) in [4.78, 5) is 18.7. The van der Waals surface area contributed by atoms with Crippen LogP contribution in [0.25, 0.3) is 11.0 Å². The molecule has 6 nitrogen and oxygen atoms in total. The maximum atomic E-state index is 11.0. The number of aryl methyl sites for hydroxylation is 1. The molecule has 0 unspecified atom stereocenters. The molecule has 1 heterocycles. The van der Waals surface area contributed by atoms with Crippen molar-refractivity contribution in [2.45, 2.75) is 12.1 Å². The Morgan fingerprint density at radius 3 is 2.71 bits per heavy atom. The number of rotatable bonds is 5. The number of nitrogens with two attached hydrogens (primary N) is 1. The van der Waals surface area contributed by atoms with Crippen LogP contribution in [0.1, 0.15) is 11.1 Å². The smallest absolute Gasteiger partial charge is 0.332 e. The molecule has 0 saturated carbocycles. The fourth-order valence-corrected chi connectivity index (χ4v) is 3.03. The van der Waals surface area contributed by atoms with Crippen molar-refractivity contribution in [3.05, 3.63) is 59.7 Å². The Morgan fingerprint density at radius 2 is 2.00 bits per heavy atom. The van der Waals surface area contributed by atoms with Crippen LogP contribution < -0.4 is 11.2 Å². The highest BCUT2D eigenvalue weighted by Crippen LogP contribution is 2.20. The van der Waals surface area contributed by atoms with Gasteiger partial charge in [0, 0.05) is 5.75 Å². The van der Waals surface area contributed by atoms with Crippen molar-refractivity contribution < 1.29 is 4.79 Å². The lowest BCUT2D eigenvalue weighted by molar-refractivity contribution is 0.249. The second kappa shape index (κ2) is 7.18. The summed E-state index contributed by atoms with van der Waals surface area (Å²) >= 11 is 1.52. The minimum absolute atomic E-state index is 0.545. The van der Waals surface area contributed by atoms with Crippen LogP contribution in [0.5, 0.6) is 0 Å². The Bertz CT molecular complexity index is 852. The van der Waals surface area contributed by atoms with E-state index < -0.39 is 6.03 Å². The fourth-order valence-electron chi connectivity index (χ4n) is 2.18. The summed E-state index contributed by atoms with van der Waals surface area (Å²) in [6.07, 6.45) is 0. The lowest BCUT2D eigenvalue weighted by Gasteiger charge is -2.06. The highest BCUT2D eigenvalue weighted by molar-refractivity contribution is 7.99. The molecule has 0 aliphatic carbocycles. The molecule has 0 atom stereocenters. The third-order valence-electron chi connectivity index (χ3n) is 3.40. The molecular weight excluding hydrogens is 322 g/mol.